The second kappa shape index (κ2) is 5.58. The van der Waals surface area contributed by atoms with Gasteiger partial charge in [0, 0.05) is 0 Å². The predicted molar refractivity (Wildman–Crippen MR) is 93.0 cm³/mol. The summed E-state index contributed by atoms with van der Waals surface area (Å²) in [5.41, 5.74) is 2.50. The second-order valence-electron chi connectivity index (χ2n) is 5.93. The molecule has 0 fully saturated rings. The van der Waals surface area contributed by atoms with Gasteiger partial charge in [0.1, 0.15) is 0 Å². The van der Waals surface area contributed by atoms with Crippen LogP contribution < -0.4 is 5.30 Å². The molecule has 0 saturated carbocycles. The van der Waals surface area contributed by atoms with E-state index >= 15 is 0 Å². The van der Waals surface area contributed by atoms with Gasteiger partial charge >= 0.3 is 131 Å². The van der Waals surface area contributed by atoms with Gasteiger partial charge in [0.2, 0.25) is 0 Å². The van der Waals surface area contributed by atoms with Crippen LogP contribution in [0.25, 0.3) is 0 Å². The van der Waals surface area contributed by atoms with Crippen molar-refractivity contribution in [2.45, 2.75) is 27.7 Å². The fourth-order valence-corrected chi connectivity index (χ4v) is 5.45. The van der Waals surface area contributed by atoms with E-state index in [0.29, 0.717) is 10.9 Å². The van der Waals surface area contributed by atoms with Crippen LogP contribution in [0.15, 0.2) is 42.5 Å². The summed E-state index contributed by atoms with van der Waals surface area (Å²) < 4.78 is 0. The predicted octanol–water partition coefficient (Wildman–Crippen LogP) is 3.47. The number of hydrogen-bond acceptors (Lipinski definition) is 3. The zero-order valence-electron chi connectivity index (χ0n) is 13.5. The van der Waals surface area contributed by atoms with Crippen molar-refractivity contribution in [3.05, 3.63) is 64.7 Å². The van der Waals surface area contributed by atoms with Gasteiger partial charge < -0.3 is 0 Å². The van der Waals surface area contributed by atoms with Crippen LogP contribution in [0.1, 0.15) is 34.0 Å². The van der Waals surface area contributed by atoms with Gasteiger partial charge in [-0.1, -0.05) is 0 Å². The van der Waals surface area contributed by atoms with Crippen LogP contribution in [0.4, 0.5) is 0 Å². The normalized spacial score (nSPS) is 13.5. The van der Waals surface area contributed by atoms with E-state index in [-0.39, 0.29) is 6.16 Å². The third-order valence-corrected chi connectivity index (χ3v) is 7.87. The van der Waals surface area contributed by atoms with Gasteiger partial charge in [-0.05, 0) is 0 Å². The average molecular weight is 318 g/mol. The van der Waals surface area contributed by atoms with E-state index in [9.17, 15) is 14.6 Å². The molecule has 0 spiro atoms. The molecule has 2 N–H and O–H groups in total. The van der Waals surface area contributed by atoms with E-state index in [4.69, 9.17) is 0 Å². The molecule has 0 aromatic heterocycles. The van der Waals surface area contributed by atoms with Crippen LogP contribution in [0.3, 0.4) is 0 Å². The molecule has 3 nitrogen and oxygen atoms in total. The monoisotopic (exact) mass is 318 g/mol. The summed E-state index contributed by atoms with van der Waals surface area (Å²) in [6.45, 7) is 7.29. The van der Waals surface area contributed by atoms with Crippen LogP contribution in [-0.4, -0.2) is 21.5 Å². The number of rotatable bonds is 4. The molecule has 2 aromatic rings. The summed E-state index contributed by atoms with van der Waals surface area (Å²) in [7, 11) is -4.65. The summed E-state index contributed by atoms with van der Waals surface area (Å²) >= 11 is 0. The van der Waals surface area contributed by atoms with Crippen molar-refractivity contribution in [1.82, 2.24) is 0 Å². The molecule has 0 saturated heterocycles. The fraction of sp³-hybridized carbons (Fsp3) is 0.278. The van der Waals surface area contributed by atoms with Gasteiger partial charge in [-0.3, -0.25) is 0 Å². The topological polar surface area (TPSA) is 57.5 Å². The number of aryl methyl sites for hydroxylation is 3. The molecule has 0 unspecified atom stereocenters. The van der Waals surface area contributed by atoms with Crippen molar-refractivity contribution in [2.75, 3.05) is 6.16 Å². The first-order valence-corrected chi connectivity index (χ1v) is 9.72. The fourth-order valence-electron chi connectivity index (χ4n) is 2.94. The second-order valence-corrected chi connectivity index (χ2v) is 9.89. The quantitative estimate of drug-likeness (QED) is 0.849. The Balaban J connectivity index is 2.69. The Labute approximate surface area is 131 Å². The molecule has 0 amide bonds. The van der Waals surface area contributed by atoms with Crippen molar-refractivity contribution in [1.29, 1.82) is 0 Å². The first kappa shape index (κ1) is 16.8. The molecule has 118 valence electrons. The van der Waals surface area contributed by atoms with Crippen LogP contribution in [0.2, 0.25) is 0 Å². The number of hydrogen-bond donors (Lipinski definition) is 2. The minimum absolute atomic E-state index is 0.00119. The van der Waals surface area contributed by atoms with Crippen molar-refractivity contribution < 1.29 is 14.6 Å². The number of benzene rings is 2. The molecule has 0 aliphatic carbocycles. The average Bonchev–Trinajstić information content (AvgIpc) is 2.47. The summed E-state index contributed by atoms with van der Waals surface area (Å²) in [6, 6.07) is 12.3. The molecule has 2 aromatic carbocycles. The zero-order valence-corrected chi connectivity index (χ0v) is 14.4. The van der Waals surface area contributed by atoms with Gasteiger partial charge in [-0.15, -0.1) is 0 Å². The SMILES string of the molecule is CCP(O)(O)(C(=O)c1c(C)cc(C)cc1C)c1ccccc1. The van der Waals surface area contributed by atoms with E-state index in [0.717, 1.165) is 16.7 Å². The minimum atomic E-state index is -4.65. The summed E-state index contributed by atoms with van der Waals surface area (Å²) in [6.07, 6.45) is 0.00119. The molecule has 0 radical (unpaired) electrons. The molecule has 0 aliphatic rings. The molecule has 0 aliphatic heterocycles. The van der Waals surface area contributed by atoms with Crippen LogP contribution >= 0.6 is 7.06 Å². The first-order chi connectivity index (χ1) is 10.2. The number of carbonyl (C=O) groups is 1. The molecular formula is C18H23O3P. The Kier molecular flexibility index (Phi) is 4.27. The summed E-state index contributed by atoms with van der Waals surface area (Å²) in [4.78, 5) is 35.4. The summed E-state index contributed by atoms with van der Waals surface area (Å²) in [5, 5.41) is 0.320. The molecular weight excluding hydrogens is 295 g/mol. The van der Waals surface area contributed by atoms with E-state index in [1.54, 1.807) is 37.3 Å². The Morgan fingerprint density at radius 3 is 1.95 bits per heavy atom. The van der Waals surface area contributed by atoms with E-state index < -0.39 is 12.6 Å². The standard InChI is InChI=1S/C18H23O3P/c1-5-22(20,21,16-9-7-6-8-10-16)18(19)17-14(3)11-13(2)12-15(17)4/h6-12,20-21H,5H2,1-4H3. The first-order valence-electron chi connectivity index (χ1n) is 7.39. The maximum absolute atomic E-state index is 13.1. The van der Waals surface area contributed by atoms with Crippen molar-refractivity contribution >= 4 is 17.9 Å². The number of carbonyl (C=O) groups excluding carboxylic acids is 1. The third-order valence-electron chi connectivity index (χ3n) is 4.22. The van der Waals surface area contributed by atoms with Gasteiger partial charge in [0.25, 0.3) is 0 Å². The molecule has 22 heavy (non-hydrogen) atoms. The third kappa shape index (κ3) is 2.61. The van der Waals surface area contributed by atoms with E-state index in [2.05, 4.69) is 0 Å². The van der Waals surface area contributed by atoms with Gasteiger partial charge in [0.05, 0.1) is 0 Å². The summed E-state index contributed by atoms with van der Waals surface area (Å²) in [5.74, 6) is 0. The van der Waals surface area contributed by atoms with Crippen molar-refractivity contribution in [3.63, 3.8) is 0 Å². The molecule has 0 atom stereocenters. The molecule has 0 bridgehead atoms. The Morgan fingerprint density at radius 1 is 1.00 bits per heavy atom. The molecule has 2 rings (SSSR count). The van der Waals surface area contributed by atoms with Crippen LogP contribution in [0.5, 0.6) is 0 Å². The maximum atomic E-state index is 13.1. The Hall–Kier alpha value is -1.54. The van der Waals surface area contributed by atoms with Crippen LogP contribution in [-0.2, 0) is 0 Å². The van der Waals surface area contributed by atoms with Gasteiger partial charge in [-0.2, -0.15) is 0 Å². The Morgan fingerprint density at radius 2 is 1.50 bits per heavy atom. The van der Waals surface area contributed by atoms with E-state index in [1.807, 2.05) is 32.9 Å². The van der Waals surface area contributed by atoms with Gasteiger partial charge in [0.15, 0.2) is 0 Å². The van der Waals surface area contributed by atoms with E-state index in [1.165, 1.54) is 0 Å². The Bertz CT molecular complexity index is 697. The van der Waals surface area contributed by atoms with Crippen molar-refractivity contribution in [3.8, 4) is 0 Å². The van der Waals surface area contributed by atoms with Gasteiger partial charge in [-0.25, -0.2) is 0 Å². The van der Waals surface area contributed by atoms with Crippen molar-refractivity contribution in [2.24, 2.45) is 0 Å². The molecule has 4 heteroatoms. The zero-order chi connectivity index (χ0) is 16.6. The van der Waals surface area contributed by atoms with Crippen LogP contribution in [0, 0.1) is 20.8 Å². The molecule has 0 heterocycles.